The van der Waals surface area contributed by atoms with Crippen LogP contribution in [0.5, 0.6) is 0 Å². The molecule has 0 bridgehead atoms. The van der Waals surface area contributed by atoms with Crippen LogP contribution in [-0.2, 0) is 27.7 Å². The molecule has 0 saturated carbocycles. The fraction of sp³-hybridized carbons (Fsp3) is 0.500. The minimum Gasteiger partial charge on any atom is -0.302 e. The van der Waals surface area contributed by atoms with E-state index in [0.29, 0.717) is 36.0 Å². The number of carbonyl (C=O) groups is 1. The SMILES string of the molecule is CSc1ccc(S(=O)(=O)N2CCC(C(=O)Nc3nc4c(s3)CCCC4)CC2)cc1. The van der Waals surface area contributed by atoms with E-state index >= 15 is 0 Å². The molecule has 156 valence electrons. The minimum absolute atomic E-state index is 0.0440. The van der Waals surface area contributed by atoms with Gasteiger partial charge in [0, 0.05) is 28.8 Å². The molecule has 2 aliphatic rings. The highest BCUT2D eigenvalue weighted by molar-refractivity contribution is 7.98. The first-order chi connectivity index (χ1) is 14.0. The minimum atomic E-state index is -3.52. The maximum absolute atomic E-state index is 12.9. The van der Waals surface area contributed by atoms with Crippen molar-refractivity contribution < 1.29 is 13.2 Å². The van der Waals surface area contributed by atoms with Gasteiger partial charge in [-0.15, -0.1) is 23.1 Å². The lowest BCUT2D eigenvalue weighted by Gasteiger charge is -2.30. The highest BCUT2D eigenvalue weighted by atomic mass is 32.2. The first-order valence-corrected chi connectivity index (χ1v) is 13.4. The second-order valence-corrected chi connectivity index (χ2v) is 11.3. The molecule has 6 nitrogen and oxygen atoms in total. The van der Waals surface area contributed by atoms with Gasteiger partial charge < -0.3 is 5.32 Å². The molecule has 0 unspecified atom stereocenters. The molecular formula is C20H25N3O3S3. The normalized spacial score (nSPS) is 18.4. The third-order valence-electron chi connectivity index (χ3n) is 5.60. The van der Waals surface area contributed by atoms with E-state index in [1.807, 2.05) is 18.4 Å². The number of aromatic nitrogens is 1. The monoisotopic (exact) mass is 451 g/mol. The van der Waals surface area contributed by atoms with Crippen molar-refractivity contribution in [2.45, 2.75) is 48.3 Å². The zero-order valence-corrected chi connectivity index (χ0v) is 18.8. The van der Waals surface area contributed by atoms with Gasteiger partial charge in [-0.1, -0.05) is 0 Å². The van der Waals surface area contributed by atoms with Crippen LogP contribution >= 0.6 is 23.1 Å². The number of fused-ring (bicyclic) bond motifs is 1. The Kier molecular flexibility index (Phi) is 6.29. The second kappa shape index (κ2) is 8.75. The van der Waals surface area contributed by atoms with Crippen LogP contribution in [0, 0.1) is 5.92 Å². The Morgan fingerprint density at radius 2 is 1.86 bits per heavy atom. The van der Waals surface area contributed by atoms with Crippen molar-refractivity contribution in [1.82, 2.24) is 9.29 Å². The topological polar surface area (TPSA) is 79.4 Å². The lowest BCUT2D eigenvalue weighted by atomic mass is 9.97. The van der Waals surface area contributed by atoms with E-state index in [1.54, 1.807) is 35.2 Å². The second-order valence-electron chi connectivity index (χ2n) is 7.44. The molecule has 1 aromatic carbocycles. The van der Waals surface area contributed by atoms with E-state index < -0.39 is 10.0 Å². The van der Waals surface area contributed by atoms with Gasteiger partial charge in [-0.25, -0.2) is 13.4 Å². The maximum Gasteiger partial charge on any atom is 0.243 e. The summed E-state index contributed by atoms with van der Waals surface area (Å²) >= 11 is 3.16. The molecule has 0 radical (unpaired) electrons. The summed E-state index contributed by atoms with van der Waals surface area (Å²) in [7, 11) is -3.52. The van der Waals surface area contributed by atoms with Crippen LogP contribution < -0.4 is 5.32 Å². The lowest BCUT2D eigenvalue weighted by molar-refractivity contribution is -0.120. The molecule has 9 heteroatoms. The number of amides is 1. The largest absolute Gasteiger partial charge is 0.302 e. The van der Waals surface area contributed by atoms with Crippen LogP contribution in [0.3, 0.4) is 0 Å². The number of hydrogen-bond donors (Lipinski definition) is 1. The number of benzene rings is 1. The van der Waals surface area contributed by atoms with Crippen LogP contribution in [0.2, 0.25) is 0 Å². The molecule has 2 heterocycles. The van der Waals surface area contributed by atoms with Crippen molar-refractivity contribution in [1.29, 1.82) is 0 Å². The van der Waals surface area contributed by atoms with Gasteiger partial charge in [-0.05, 0) is 69.0 Å². The molecule has 1 aliphatic heterocycles. The number of piperidine rings is 1. The number of nitrogens with one attached hydrogen (secondary N) is 1. The number of anilines is 1. The van der Waals surface area contributed by atoms with Crippen molar-refractivity contribution in [3.63, 3.8) is 0 Å². The molecular weight excluding hydrogens is 426 g/mol. The molecule has 1 aliphatic carbocycles. The average molecular weight is 452 g/mol. The summed E-state index contributed by atoms with van der Waals surface area (Å²) in [6.07, 6.45) is 7.41. The average Bonchev–Trinajstić information content (AvgIpc) is 3.16. The van der Waals surface area contributed by atoms with Crippen molar-refractivity contribution in [3.05, 3.63) is 34.8 Å². The fourth-order valence-electron chi connectivity index (χ4n) is 3.87. The zero-order valence-electron chi connectivity index (χ0n) is 16.4. The predicted octanol–water partition coefficient (Wildman–Crippen LogP) is 3.78. The number of thiazole rings is 1. The number of rotatable bonds is 5. The number of sulfonamides is 1. The molecule has 1 N–H and O–H groups in total. The Bertz CT molecular complexity index is 955. The zero-order chi connectivity index (χ0) is 20.4. The van der Waals surface area contributed by atoms with Gasteiger partial charge in [-0.3, -0.25) is 4.79 Å². The van der Waals surface area contributed by atoms with Crippen molar-refractivity contribution in [2.24, 2.45) is 5.92 Å². The third-order valence-corrected chi connectivity index (χ3v) is 9.33. The Labute approximate surface area is 180 Å². The number of aryl methyl sites for hydroxylation is 2. The smallest absolute Gasteiger partial charge is 0.243 e. The van der Waals surface area contributed by atoms with E-state index in [2.05, 4.69) is 10.3 Å². The van der Waals surface area contributed by atoms with E-state index in [9.17, 15) is 13.2 Å². The van der Waals surface area contributed by atoms with E-state index in [4.69, 9.17) is 0 Å². The summed E-state index contributed by atoms with van der Waals surface area (Å²) in [6, 6.07) is 6.96. The number of hydrogen-bond acceptors (Lipinski definition) is 6. The molecule has 0 spiro atoms. The van der Waals surface area contributed by atoms with Crippen LogP contribution in [0.4, 0.5) is 5.13 Å². The summed E-state index contributed by atoms with van der Waals surface area (Å²) in [4.78, 5) is 19.9. The molecule has 2 aromatic rings. The quantitative estimate of drug-likeness (QED) is 0.700. The first kappa shape index (κ1) is 20.8. The third kappa shape index (κ3) is 4.52. The van der Waals surface area contributed by atoms with Gasteiger partial charge in [0.05, 0.1) is 10.6 Å². The Hall–Kier alpha value is -1.42. The Balaban J connectivity index is 1.35. The maximum atomic E-state index is 12.9. The fourth-order valence-corrected chi connectivity index (χ4v) is 6.80. The van der Waals surface area contributed by atoms with Gasteiger partial charge in [0.25, 0.3) is 0 Å². The van der Waals surface area contributed by atoms with Gasteiger partial charge in [-0.2, -0.15) is 4.31 Å². The summed E-state index contributed by atoms with van der Waals surface area (Å²) < 4.78 is 27.2. The highest BCUT2D eigenvalue weighted by Crippen LogP contribution is 2.31. The summed E-state index contributed by atoms with van der Waals surface area (Å²) in [5.41, 5.74) is 1.13. The molecule has 1 aromatic heterocycles. The van der Waals surface area contributed by atoms with Gasteiger partial charge >= 0.3 is 0 Å². The standard InChI is InChI=1S/C20H25N3O3S3/c1-27-15-6-8-16(9-7-15)29(25,26)23-12-10-14(11-13-23)19(24)22-20-21-17-4-2-3-5-18(17)28-20/h6-9,14H,2-5,10-13H2,1H3,(H,21,22,24). The molecule has 0 atom stereocenters. The number of carbonyl (C=O) groups excluding carboxylic acids is 1. The molecule has 29 heavy (non-hydrogen) atoms. The van der Waals surface area contributed by atoms with Crippen LogP contribution in [-0.4, -0.2) is 43.0 Å². The molecule has 1 amide bonds. The molecule has 1 fully saturated rings. The van der Waals surface area contributed by atoms with Crippen molar-refractivity contribution in [3.8, 4) is 0 Å². The van der Waals surface area contributed by atoms with E-state index in [0.717, 1.165) is 29.9 Å². The van der Waals surface area contributed by atoms with Crippen molar-refractivity contribution >= 4 is 44.2 Å². The van der Waals surface area contributed by atoms with Gasteiger partial charge in [0.1, 0.15) is 0 Å². The Morgan fingerprint density at radius 1 is 1.17 bits per heavy atom. The highest BCUT2D eigenvalue weighted by Gasteiger charge is 2.32. The van der Waals surface area contributed by atoms with E-state index in [1.165, 1.54) is 15.6 Å². The number of thioether (sulfide) groups is 1. The summed E-state index contributed by atoms with van der Waals surface area (Å²) in [5, 5.41) is 3.65. The van der Waals surface area contributed by atoms with Gasteiger partial charge in [0.2, 0.25) is 15.9 Å². The Morgan fingerprint density at radius 3 is 2.52 bits per heavy atom. The first-order valence-electron chi connectivity index (χ1n) is 9.91. The van der Waals surface area contributed by atoms with Gasteiger partial charge in [0.15, 0.2) is 5.13 Å². The predicted molar refractivity (Wildman–Crippen MR) is 117 cm³/mol. The van der Waals surface area contributed by atoms with E-state index in [-0.39, 0.29) is 11.8 Å². The van der Waals surface area contributed by atoms with Crippen molar-refractivity contribution in [2.75, 3.05) is 24.7 Å². The van der Waals surface area contributed by atoms with Crippen LogP contribution in [0.1, 0.15) is 36.3 Å². The molecule has 1 saturated heterocycles. The van der Waals surface area contributed by atoms with Crippen LogP contribution in [0.15, 0.2) is 34.1 Å². The number of nitrogens with zero attached hydrogens (tertiary/aromatic N) is 2. The summed E-state index contributed by atoms with van der Waals surface area (Å²) in [5.74, 6) is -0.223. The summed E-state index contributed by atoms with van der Waals surface area (Å²) in [6.45, 7) is 0.720. The lowest BCUT2D eigenvalue weighted by Crippen LogP contribution is -2.41. The van der Waals surface area contributed by atoms with Crippen LogP contribution in [0.25, 0.3) is 0 Å². The molecule has 4 rings (SSSR count).